The number of likely N-dealkylation sites (tertiary alicyclic amines) is 1. The molecule has 1 aliphatic rings. The summed E-state index contributed by atoms with van der Waals surface area (Å²) in [5, 5.41) is 0. The van der Waals surface area contributed by atoms with E-state index in [2.05, 4.69) is 18.6 Å². The molecule has 0 N–H and O–H groups in total. The van der Waals surface area contributed by atoms with Crippen molar-refractivity contribution in [2.45, 2.75) is 45.6 Å². The lowest BCUT2D eigenvalue weighted by atomic mass is 10.0. The number of hydrogen-bond acceptors (Lipinski definition) is 3. The van der Waals surface area contributed by atoms with Crippen LogP contribution in [0.1, 0.15) is 39.5 Å². The van der Waals surface area contributed by atoms with E-state index in [1.807, 2.05) is 4.90 Å². The van der Waals surface area contributed by atoms with Crippen molar-refractivity contribution >= 4 is 11.9 Å². The fourth-order valence-electron chi connectivity index (χ4n) is 2.25. The van der Waals surface area contributed by atoms with Crippen LogP contribution in [0.2, 0.25) is 0 Å². The third-order valence-electron chi connectivity index (χ3n) is 3.16. The quantitative estimate of drug-likeness (QED) is 0.685. The van der Waals surface area contributed by atoms with Crippen LogP contribution in [0, 0.1) is 5.92 Å². The average Bonchev–Trinajstić information content (AvgIpc) is 2.74. The number of carbonyl (C=O) groups is 2. The molecule has 92 valence electrons. The highest BCUT2D eigenvalue weighted by atomic mass is 16.5. The minimum atomic E-state index is -0.311. The first-order valence-corrected chi connectivity index (χ1v) is 5.92. The van der Waals surface area contributed by atoms with Gasteiger partial charge in [0.05, 0.1) is 13.5 Å². The van der Waals surface area contributed by atoms with E-state index in [-0.39, 0.29) is 24.7 Å². The van der Waals surface area contributed by atoms with Gasteiger partial charge in [0, 0.05) is 19.0 Å². The number of ether oxygens (including phenoxy) is 1. The van der Waals surface area contributed by atoms with E-state index < -0.39 is 0 Å². The van der Waals surface area contributed by atoms with Crippen molar-refractivity contribution in [1.29, 1.82) is 0 Å². The Bertz CT molecular complexity index is 263. The van der Waals surface area contributed by atoms with Crippen molar-refractivity contribution in [3.63, 3.8) is 0 Å². The minimum absolute atomic E-state index is 0.0848. The van der Waals surface area contributed by atoms with Crippen molar-refractivity contribution in [1.82, 2.24) is 4.90 Å². The van der Waals surface area contributed by atoms with Gasteiger partial charge in [-0.15, -0.1) is 0 Å². The van der Waals surface area contributed by atoms with Crippen molar-refractivity contribution in [2.75, 3.05) is 13.7 Å². The van der Waals surface area contributed by atoms with Gasteiger partial charge in [0.2, 0.25) is 5.91 Å². The summed E-state index contributed by atoms with van der Waals surface area (Å²) in [6.07, 6.45) is 2.63. The molecule has 0 aromatic rings. The van der Waals surface area contributed by atoms with Gasteiger partial charge in [0.25, 0.3) is 0 Å². The molecule has 0 spiro atoms. The lowest BCUT2D eigenvalue weighted by molar-refractivity contribution is -0.144. The Balaban J connectivity index is 2.44. The molecule has 1 unspecified atom stereocenters. The van der Waals surface area contributed by atoms with E-state index in [1.54, 1.807) is 0 Å². The van der Waals surface area contributed by atoms with E-state index in [0.717, 1.165) is 19.4 Å². The molecule has 0 aliphatic carbocycles. The maximum absolute atomic E-state index is 11.9. The fraction of sp³-hybridized carbons (Fsp3) is 0.833. The molecule has 1 saturated heterocycles. The Labute approximate surface area is 96.9 Å². The smallest absolute Gasteiger partial charge is 0.306 e. The Kier molecular flexibility index (Phi) is 4.77. The Morgan fingerprint density at radius 1 is 1.38 bits per heavy atom. The Morgan fingerprint density at radius 3 is 2.62 bits per heavy atom. The number of methoxy groups -OCH3 is 1. The summed E-state index contributed by atoms with van der Waals surface area (Å²) >= 11 is 0. The summed E-state index contributed by atoms with van der Waals surface area (Å²) in [5.74, 6) is 0.264. The van der Waals surface area contributed by atoms with Crippen LogP contribution in [0.3, 0.4) is 0 Å². The van der Waals surface area contributed by atoms with Gasteiger partial charge in [0.1, 0.15) is 0 Å². The minimum Gasteiger partial charge on any atom is -0.469 e. The van der Waals surface area contributed by atoms with Gasteiger partial charge in [-0.3, -0.25) is 9.59 Å². The van der Waals surface area contributed by atoms with Gasteiger partial charge in [0.15, 0.2) is 0 Å². The number of hydrogen-bond donors (Lipinski definition) is 0. The van der Waals surface area contributed by atoms with Gasteiger partial charge < -0.3 is 9.64 Å². The molecule has 1 heterocycles. The molecular formula is C12H21NO3. The fourth-order valence-corrected chi connectivity index (χ4v) is 2.25. The Morgan fingerprint density at radius 2 is 2.06 bits per heavy atom. The number of nitrogens with zero attached hydrogens (tertiary/aromatic N) is 1. The van der Waals surface area contributed by atoms with Crippen molar-refractivity contribution in [2.24, 2.45) is 5.92 Å². The number of carbonyl (C=O) groups excluding carboxylic acids is 2. The third kappa shape index (κ3) is 3.22. The molecule has 4 nitrogen and oxygen atoms in total. The highest BCUT2D eigenvalue weighted by Gasteiger charge is 2.30. The van der Waals surface area contributed by atoms with Crippen LogP contribution in [0.5, 0.6) is 0 Å². The second-order valence-corrected chi connectivity index (χ2v) is 4.62. The van der Waals surface area contributed by atoms with E-state index in [9.17, 15) is 9.59 Å². The molecule has 0 bridgehead atoms. The van der Waals surface area contributed by atoms with Crippen LogP contribution in [0.15, 0.2) is 0 Å². The predicted molar refractivity (Wildman–Crippen MR) is 60.8 cm³/mol. The Hall–Kier alpha value is -1.06. The lowest BCUT2D eigenvalue weighted by Gasteiger charge is -2.27. The van der Waals surface area contributed by atoms with Crippen molar-refractivity contribution in [3.8, 4) is 0 Å². The molecule has 0 aromatic carbocycles. The van der Waals surface area contributed by atoms with Gasteiger partial charge >= 0.3 is 5.97 Å². The molecule has 0 radical (unpaired) electrons. The summed E-state index contributed by atoms with van der Waals surface area (Å²) in [5.41, 5.74) is 0. The highest BCUT2D eigenvalue weighted by molar-refractivity contribution is 5.81. The van der Waals surface area contributed by atoms with Crippen molar-refractivity contribution in [3.05, 3.63) is 0 Å². The number of amides is 1. The molecule has 4 heteroatoms. The summed E-state index contributed by atoms with van der Waals surface area (Å²) in [6, 6.07) is 0.352. The van der Waals surface area contributed by atoms with Gasteiger partial charge in [-0.2, -0.15) is 0 Å². The van der Waals surface area contributed by atoms with E-state index >= 15 is 0 Å². The van der Waals surface area contributed by atoms with Crippen LogP contribution in [0.25, 0.3) is 0 Å². The zero-order chi connectivity index (χ0) is 12.1. The zero-order valence-electron chi connectivity index (χ0n) is 10.4. The summed E-state index contributed by atoms with van der Waals surface area (Å²) in [7, 11) is 1.35. The third-order valence-corrected chi connectivity index (χ3v) is 3.16. The molecule has 1 rings (SSSR count). The monoisotopic (exact) mass is 227 g/mol. The normalized spacial score (nSPS) is 20.2. The zero-order valence-corrected chi connectivity index (χ0v) is 10.4. The van der Waals surface area contributed by atoms with E-state index in [0.29, 0.717) is 12.0 Å². The molecule has 1 fully saturated rings. The molecule has 0 saturated carbocycles. The van der Waals surface area contributed by atoms with Gasteiger partial charge in [-0.1, -0.05) is 13.8 Å². The summed E-state index contributed by atoms with van der Waals surface area (Å²) < 4.78 is 4.53. The van der Waals surface area contributed by atoms with Crippen LogP contribution >= 0.6 is 0 Å². The molecule has 1 amide bonds. The lowest BCUT2D eigenvalue weighted by Crippen LogP contribution is -2.38. The molecule has 1 atom stereocenters. The molecule has 0 aromatic heterocycles. The van der Waals surface area contributed by atoms with Crippen molar-refractivity contribution < 1.29 is 14.3 Å². The standard InChI is InChI=1S/C12H21NO3/c1-9(2)10-5-4-8-13(10)11(14)6-7-12(15)16-3/h9-10H,4-8H2,1-3H3. The van der Waals surface area contributed by atoms with Crippen LogP contribution in [-0.2, 0) is 14.3 Å². The van der Waals surface area contributed by atoms with E-state index in [4.69, 9.17) is 0 Å². The van der Waals surface area contributed by atoms with Gasteiger partial charge in [-0.25, -0.2) is 0 Å². The molecule has 16 heavy (non-hydrogen) atoms. The second kappa shape index (κ2) is 5.87. The van der Waals surface area contributed by atoms with Crippen LogP contribution in [0.4, 0.5) is 0 Å². The van der Waals surface area contributed by atoms with Gasteiger partial charge in [-0.05, 0) is 18.8 Å². The largest absolute Gasteiger partial charge is 0.469 e. The number of rotatable bonds is 4. The number of esters is 1. The topological polar surface area (TPSA) is 46.6 Å². The first kappa shape index (κ1) is 13.0. The highest BCUT2D eigenvalue weighted by Crippen LogP contribution is 2.24. The van der Waals surface area contributed by atoms with E-state index in [1.165, 1.54) is 7.11 Å². The van der Waals surface area contributed by atoms with Crippen LogP contribution < -0.4 is 0 Å². The maximum atomic E-state index is 11.9. The summed E-state index contributed by atoms with van der Waals surface area (Å²) in [6.45, 7) is 5.11. The second-order valence-electron chi connectivity index (χ2n) is 4.62. The SMILES string of the molecule is COC(=O)CCC(=O)N1CCCC1C(C)C. The van der Waals surface area contributed by atoms with Crippen LogP contribution in [-0.4, -0.2) is 36.5 Å². The predicted octanol–water partition coefficient (Wildman–Crippen LogP) is 1.59. The molecular weight excluding hydrogens is 206 g/mol. The summed E-state index contributed by atoms with van der Waals surface area (Å²) in [4.78, 5) is 24.8. The average molecular weight is 227 g/mol. The first-order chi connectivity index (χ1) is 7.56. The first-order valence-electron chi connectivity index (χ1n) is 5.92. The maximum Gasteiger partial charge on any atom is 0.306 e. The molecule has 1 aliphatic heterocycles.